The maximum Gasteiger partial charge on any atom is 0.171 e. The molecule has 3 heterocycles. The fourth-order valence-electron chi connectivity index (χ4n) is 4.09. The molecule has 35 heavy (non-hydrogen) atoms. The molecular formula is C30H21N3O2. The molecule has 0 aliphatic heterocycles. The second-order valence-corrected chi connectivity index (χ2v) is 7.94. The molecule has 5 aromatic rings. The number of pyridine rings is 3. The molecule has 5 nitrogen and oxygen atoms in total. The number of Topliss-reactive ketones (excluding diaryl/α,β-unsaturated/α-hetero) is 2. The summed E-state index contributed by atoms with van der Waals surface area (Å²) in [7, 11) is 0. The quantitative estimate of drug-likeness (QED) is 0.212. The highest BCUT2D eigenvalue weighted by molar-refractivity contribution is 6.17. The number of hydrogen-bond donors (Lipinski definition) is 0. The van der Waals surface area contributed by atoms with Crippen molar-refractivity contribution in [2.24, 2.45) is 0 Å². The lowest BCUT2D eigenvalue weighted by Crippen LogP contribution is -2.11. The van der Waals surface area contributed by atoms with E-state index < -0.39 is 0 Å². The summed E-state index contributed by atoms with van der Waals surface area (Å²) in [5, 5.41) is 0. The van der Waals surface area contributed by atoms with Gasteiger partial charge in [-0.3, -0.25) is 24.5 Å². The van der Waals surface area contributed by atoms with E-state index in [0.717, 1.165) is 16.8 Å². The van der Waals surface area contributed by atoms with Crippen LogP contribution in [0, 0.1) is 0 Å². The van der Waals surface area contributed by atoms with E-state index in [-0.39, 0.29) is 18.0 Å². The van der Waals surface area contributed by atoms with Crippen molar-refractivity contribution in [1.29, 1.82) is 0 Å². The summed E-state index contributed by atoms with van der Waals surface area (Å²) in [6, 6.07) is 29.4. The van der Waals surface area contributed by atoms with Crippen LogP contribution < -0.4 is 0 Å². The zero-order valence-corrected chi connectivity index (χ0v) is 18.8. The minimum Gasteiger partial charge on any atom is -0.294 e. The summed E-state index contributed by atoms with van der Waals surface area (Å²) in [6.07, 6.45) is 4.89. The Morgan fingerprint density at radius 2 is 1.06 bits per heavy atom. The molecule has 2 aromatic carbocycles. The number of carbonyl (C=O) groups excluding carboxylic acids is 2. The van der Waals surface area contributed by atoms with Crippen LogP contribution in [0.3, 0.4) is 0 Å². The van der Waals surface area contributed by atoms with Crippen molar-refractivity contribution in [2.45, 2.75) is 6.42 Å². The highest BCUT2D eigenvalue weighted by Crippen LogP contribution is 2.40. The average molecular weight is 456 g/mol. The third-order valence-corrected chi connectivity index (χ3v) is 5.71. The van der Waals surface area contributed by atoms with E-state index in [0.29, 0.717) is 28.1 Å². The van der Waals surface area contributed by atoms with E-state index in [1.54, 1.807) is 48.9 Å². The summed E-state index contributed by atoms with van der Waals surface area (Å²) in [5.41, 5.74) is 5.22. The number of nitrogens with zero attached hydrogens (tertiary/aromatic N) is 3. The molecular weight excluding hydrogens is 434 g/mol. The molecule has 168 valence electrons. The molecule has 0 amide bonds. The SMILES string of the molecule is O=C(CC(=O)c1ccc(-c2ccccn2)c(-c2ccccn2)c1-c1ccccn1)c1ccccc1. The van der Waals surface area contributed by atoms with Gasteiger partial charge >= 0.3 is 0 Å². The second-order valence-electron chi connectivity index (χ2n) is 7.94. The zero-order chi connectivity index (χ0) is 24.0. The average Bonchev–Trinajstić information content (AvgIpc) is 2.94. The summed E-state index contributed by atoms with van der Waals surface area (Å²) in [4.78, 5) is 40.1. The Balaban J connectivity index is 1.72. The van der Waals surface area contributed by atoms with Gasteiger partial charge < -0.3 is 0 Å². The van der Waals surface area contributed by atoms with E-state index in [4.69, 9.17) is 0 Å². The van der Waals surface area contributed by atoms with Gasteiger partial charge in [-0.1, -0.05) is 54.6 Å². The molecule has 0 bridgehead atoms. The van der Waals surface area contributed by atoms with Crippen LogP contribution in [0.4, 0.5) is 0 Å². The van der Waals surface area contributed by atoms with E-state index in [1.807, 2.05) is 66.7 Å². The molecule has 0 atom stereocenters. The summed E-state index contributed by atoms with van der Waals surface area (Å²) < 4.78 is 0. The molecule has 0 aliphatic rings. The van der Waals surface area contributed by atoms with Crippen LogP contribution >= 0.6 is 0 Å². The number of carbonyl (C=O) groups is 2. The topological polar surface area (TPSA) is 72.8 Å². The number of aromatic nitrogens is 3. The first-order valence-corrected chi connectivity index (χ1v) is 11.2. The minimum atomic E-state index is -0.274. The van der Waals surface area contributed by atoms with E-state index in [1.165, 1.54) is 0 Å². The van der Waals surface area contributed by atoms with Crippen LogP contribution in [0.25, 0.3) is 33.8 Å². The molecule has 0 N–H and O–H groups in total. The first kappa shape index (κ1) is 22.0. The Hall–Kier alpha value is -4.77. The van der Waals surface area contributed by atoms with Gasteiger partial charge in [0.05, 0.1) is 23.5 Å². The molecule has 5 rings (SSSR count). The highest BCUT2D eigenvalue weighted by Gasteiger charge is 2.24. The standard InChI is InChI=1S/C30H21N3O2/c34-27(21-10-2-1-3-11-21)20-28(35)23-16-15-22(24-12-4-7-17-31-24)29(25-13-5-8-18-32-25)30(23)26-14-6-9-19-33-26/h1-19H,20H2. The van der Waals surface area contributed by atoms with Gasteiger partial charge in [0.1, 0.15) is 0 Å². The zero-order valence-electron chi connectivity index (χ0n) is 18.8. The minimum absolute atomic E-state index is 0.226. The molecule has 0 aliphatic carbocycles. The van der Waals surface area contributed by atoms with Crippen LogP contribution in [0.5, 0.6) is 0 Å². The van der Waals surface area contributed by atoms with E-state index in [2.05, 4.69) is 15.0 Å². The lowest BCUT2D eigenvalue weighted by Gasteiger charge is -2.18. The number of hydrogen-bond acceptors (Lipinski definition) is 5. The third-order valence-electron chi connectivity index (χ3n) is 5.71. The van der Waals surface area contributed by atoms with Gasteiger partial charge in [-0.05, 0) is 42.5 Å². The molecule has 0 fully saturated rings. The van der Waals surface area contributed by atoms with Crippen LogP contribution in [-0.4, -0.2) is 26.5 Å². The smallest absolute Gasteiger partial charge is 0.171 e. The number of ketones is 2. The predicted octanol–water partition coefficient (Wildman–Crippen LogP) is 6.33. The van der Waals surface area contributed by atoms with Crippen molar-refractivity contribution >= 4 is 11.6 Å². The Morgan fingerprint density at radius 1 is 0.514 bits per heavy atom. The van der Waals surface area contributed by atoms with Gasteiger partial charge in [0.2, 0.25) is 0 Å². The van der Waals surface area contributed by atoms with Gasteiger partial charge in [0.25, 0.3) is 0 Å². The lowest BCUT2D eigenvalue weighted by molar-refractivity contribution is 0.0894. The Labute approximate surface area is 203 Å². The summed E-state index contributed by atoms with van der Waals surface area (Å²) >= 11 is 0. The normalized spacial score (nSPS) is 10.6. The van der Waals surface area contributed by atoms with Crippen molar-refractivity contribution < 1.29 is 9.59 Å². The maximum atomic E-state index is 13.6. The first-order chi connectivity index (χ1) is 17.2. The van der Waals surface area contributed by atoms with Crippen LogP contribution in [0.15, 0.2) is 116 Å². The van der Waals surface area contributed by atoms with Crippen molar-refractivity contribution in [3.8, 4) is 33.8 Å². The van der Waals surface area contributed by atoms with Gasteiger partial charge in [0, 0.05) is 46.4 Å². The first-order valence-electron chi connectivity index (χ1n) is 11.2. The lowest BCUT2D eigenvalue weighted by atomic mass is 9.87. The maximum absolute atomic E-state index is 13.6. The predicted molar refractivity (Wildman–Crippen MR) is 136 cm³/mol. The fourth-order valence-corrected chi connectivity index (χ4v) is 4.09. The molecule has 0 saturated carbocycles. The van der Waals surface area contributed by atoms with Gasteiger partial charge in [-0.2, -0.15) is 0 Å². The van der Waals surface area contributed by atoms with Gasteiger partial charge in [-0.15, -0.1) is 0 Å². The largest absolute Gasteiger partial charge is 0.294 e. The highest BCUT2D eigenvalue weighted by atomic mass is 16.1. The third kappa shape index (κ3) is 4.66. The van der Waals surface area contributed by atoms with E-state index in [9.17, 15) is 9.59 Å². The van der Waals surface area contributed by atoms with Crippen molar-refractivity contribution in [2.75, 3.05) is 0 Å². The van der Waals surface area contributed by atoms with Crippen LogP contribution in [0.1, 0.15) is 27.1 Å². The molecule has 0 radical (unpaired) electrons. The fraction of sp³-hybridized carbons (Fsp3) is 0.0333. The van der Waals surface area contributed by atoms with E-state index >= 15 is 0 Å². The molecule has 5 heteroatoms. The summed E-state index contributed by atoms with van der Waals surface area (Å²) in [6.45, 7) is 0. The second kappa shape index (κ2) is 10.0. The molecule has 0 spiro atoms. The van der Waals surface area contributed by atoms with Gasteiger partial charge in [0.15, 0.2) is 11.6 Å². The Kier molecular flexibility index (Phi) is 6.31. The molecule has 0 saturated heterocycles. The Bertz CT molecular complexity index is 1470. The number of benzene rings is 2. The van der Waals surface area contributed by atoms with Crippen molar-refractivity contribution in [1.82, 2.24) is 15.0 Å². The van der Waals surface area contributed by atoms with Crippen LogP contribution in [0.2, 0.25) is 0 Å². The van der Waals surface area contributed by atoms with Crippen molar-refractivity contribution in [3.63, 3.8) is 0 Å². The molecule has 0 unspecified atom stereocenters. The summed E-state index contributed by atoms with van der Waals surface area (Å²) in [5.74, 6) is -0.500. The molecule has 3 aromatic heterocycles. The van der Waals surface area contributed by atoms with Gasteiger partial charge in [-0.25, -0.2) is 0 Å². The van der Waals surface area contributed by atoms with Crippen LogP contribution in [-0.2, 0) is 0 Å². The van der Waals surface area contributed by atoms with Crippen molar-refractivity contribution in [3.05, 3.63) is 127 Å². The monoisotopic (exact) mass is 455 g/mol. The number of rotatable bonds is 7. The Morgan fingerprint density at radius 3 is 1.63 bits per heavy atom.